The Morgan fingerprint density at radius 2 is 1.81 bits per heavy atom. The van der Waals surface area contributed by atoms with Crippen LogP contribution in [0.1, 0.15) is 36.9 Å². The molecule has 1 aliphatic heterocycles. The summed E-state index contributed by atoms with van der Waals surface area (Å²) >= 11 is 0. The Balaban J connectivity index is 1.61. The summed E-state index contributed by atoms with van der Waals surface area (Å²) in [4.78, 5) is 18.7. The van der Waals surface area contributed by atoms with Crippen molar-refractivity contribution in [2.75, 3.05) is 24.9 Å². The highest BCUT2D eigenvalue weighted by Gasteiger charge is 2.40. The van der Waals surface area contributed by atoms with E-state index < -0.39 is 5.92 Å². The second-order valence-electron chi connectivity index (χ2n) is 9.24. The van der Waals surface area contributed by atoms with E-state index in [1.165, 1.54) is 5.56 Å². The molecule has 2 N–H and O–H groups in total. The number of anilines is 2. The number of carbonyl (C=O) groups excluding carboxylic acids is 1. The molecule has 1 aliphatic rings. The number of fused-ring (bicyclic) bond motifs is 3. The van der Waals surface area contributed by atoms with Crippen LogP contribution in [-0.4, -0.2) is 29.7 Å². The number of imidazole rings is 1. The molecule has 7 nitrogen and oxygen atoms in total. The van der Waals surface area contributed by atoms with Crippen molar-refractivity contribution in [1.29, 1.82) is 0 Å². The summed E-state index contributed by atoms with van der Waals surface area (Å²) in [5.41, 5.74) is 5.20. The zero-order valence-electron chi connectivity index (χ0n) is 20.9. The molecule has 5 rings (SSSR count). The van der Waals surface area contributed by atoms with Gasteiger partial charge in [-0.1, -0.05) is 56.8 Å². The molecular formula is C29H30N4O3. The van der Waals surface area contributed by atoms with Crippen LogP contribution >= 0.6 is 0 Å². The third-order valence-corrected chi connectivity index (χ3v) is 6.73. The van der Waals surface area contributed by atoms with Gasteiger partial charge in [-0.05, 0) is 41.3 Å². The lowest BCUT2D eigenvalue weighted by Gasteiger charge is -2.35. The quantitative estimate of drug-likeness (QED) is 0.355. The Hall–Kier alpha value is -4.26. The van der Waals surface area contributed by atoms with E-state index in [0.29, 0.717) is 34.7 Å². The maximum atomic E-state index is 13.9. The molecule has 2 atom stereocenters. The number of benzene rings is 3. The zero-order valence-corrected chi connectivity index (χ0v) is 20.9. The van der Waals surface area contributed by atoms with Crippen LogP contribution in [0.2, 0.25) is 0 Å². The highest BCUT2D eigenvalue weighted by molar-refractivity contribution is 5.97. The fourth-order valence-corrected chi connectivity index (χ4v) is 4.81. The minimum atomic E-state index is -0.605. The Morgan fingerprint density at radius 3 is 2.50 bits per heavy atom. The molecule has 7 heteroatoms. The van der Waals surface area contributed by atoms with Gasteiger partial charge in [-0.2, -0.15) is 0 Å². The lowest BCUT2D eigenvalue weighted by molar-refractivity contribution is -0.119. The van der Waals surface area contributed by atoms with Crippen LogP contribution in [0.25, 0.3) is 11.0 Å². The van der Waals surface area contributed by atoms with E-state index in [1.807, 2.05) is 24.3 Å². The van der Waals surface area contributed by atoms with Crippen molar-refractivity contribution in [3.8, 4) is 11.5 Å². The number of carbonyl (C=O) groups is 1. The molecule has 2 heterocycles. The number of aromatic nitrogens is 2. The molecule has 1 amide bonds. The van der Waals surface area contributed by atoms with Gasteiger partial charge in [-0.3, -0.25) is 4.79 Å². The topological polar surface area (TPSA) is 77.4 Å². The predicted octanol–water partition coefficient (Wildman–Crippen LogP) is 5.96. The molecular weight excluding hydrogens is 452 g/mol. The first-order valence-electron chi connectivity index (χ1n) is 12.0. The van der Waals surface area contributed by atoms with Crippen LogP contribution in [0.4, 0.5) is 11.6 Å². The van der Waals surface area contributed by atoms with Gasteiger partial charge < -0.3 is 24.7 Å². The number of rotatable bonds is 6. The standard InChI is InChI=1S/C29H30N4O3/c1-17(2)19-10-12-20(13-11-19)27-26(28(34)31-23-15-14-21(35-4)16-25(23)36-5)18(3)30-29-32-22-8-6-7-9-24(22)33(27)29/h6-17,26-27H,3H2,1-2,4-5H3,(H,30,32)(H,31,34). The summed E-state index contributed by atoms with van der Waals surface area (Å²) in [7, 11) is 3.15. The third kappa shape index (κ3) is 4.06. The van der Waals surface area contributed by atoms with E-state index >= 15 is 0 Å². The van der Waals surface area contributed by atoms with E-state index in [2.05, 4.69) is 59.9 Å². The highest BCUT2D eigenvalue weighted by atomic mass is 16.5. The van der Waals surface area contributed by atoms with Crippen molar-refractivity contribution in [2.45, 2.75) is 25.8 Å². The Bertz CT molecular complexity index is 1440. The average Bonchev–Trinajstić information content (AvgIpc) is 3.25. The first-order valence-corrected chi connectivity index (χ1v) is 12.0. The monoisotopic (exact) mass is 482 g/mol. The molecule has 0 spiro atoms. The van der Waals surface area contributed by atoms with Gasteiger partial charge in [0.1, 0.15) is 17.4 Å². The molecule has 3 aromatic carbocycles. The predicted molar refractivity (Wildman–Crippen MR) is 143 cm³/mol. The van der Waals surface area contributed by atoms with Crippen molar-refractivity contribution in [1.82, 2.24) is 9.55 Å². The molecule has 0 saturated carbocycles. The highest BCUT2D eigenvalue weighted by Crippen LogP contribution is 2.42. The summed E-state index contributed by atoms with van der Waals surface area (Å²) in [6.07, 6.45) is 0. The number of nitrogens with one attached hydrogen (secondary N) is 2. The van der Waals surface area contributed by atoms with E-state index in [4.69, 9.17) is 14.5 Å². The fourth-order valence-electron chi connectivity index (χ4n) is 4.81. The molecule has 0 saturated heterocycles. The van der Waals surface area contributed by atoms with Crippen molar-refractivity contribution in [3.05, 3.63) is 90.1 Å². The van der Waals surface area contributed by atoms with Gasteiger partial charge in [-0.15, -0.1) is 0 Å². The zero-order chi connectivity index (χ0) is 25.4. The largest absolute Gasteiger partial charge is 0.497 e. The normalized spacial score (nSPS) is 17.0. The van der Waals surface area contributed by atoms with Crippen molar-refractivity contribution >= 4 is 28.6 Å². The van der Waals surface area contributed by atoms with Crippen LogP contribution in [0.15, 0.2) is 79.0 Å². The first kappa shape index (κ1) is 23.5. The van der Waals surface area contributed by atoms with Crippen LogP contribution in [0.5, 0.6) is 11.5 Å². The van der Waals surface area contributed by atoms with Crippen molar-refractivity contribution in [2.24, 2.45) is 5.92 Å². The summed E-state index contributed by atoms with van der Waals surface area (Å²) in [5, 5.41) is 6.35. The van der Waals surface area contributed by atoms with Gasteiger partial charge in [0.25, 0.3) is 0 Å². The molecule has 0 radical (unpaired) electrons. The van der Waals surface area contributed by atoms with Gasteiger partial charge in [0.05, 0.1) is 37.0 Å². The molecule has 1 aromatic heterocycles. The van der Waals surface area contributed by atoms with E-state index in [0.717, 1.165) is 16.6 Å². The Kier molecular flexibility index (Phi) is 6.14. The third-order valence-electron chi connectivity index (χ3n) is 6.73. The van der Waals surface area contributed by atoms with Crippen molar-refractivity contribution in [3.63, 3.8) is 0 Å². The minimum absolute atomic E-state index is 0.197. The number of para-hydroxylation sites is 2. The van der Waals surface area contributed by atoms with Crippen molar-refractivity contribution < 1.29 is 14.3 Å². The Labute approximate surface area is 210 Å². The second kappa shape index (κ2) is 9.41. The number of hydrogen-bond donors (Lipinski definition) is 2. The second-order valence-corrected chi connectivity index (χ2v) is 9.24. The fraction of sp³-hybridized carbons (Fsp3) is 0.241. The number of hydrogen-bond acceptors (Lipinski definition) is 5. The van der Waals surface area contributed by atoms with E-state index in [-0.39, 0.29) is 11.9 Å². The number of methoxy groups -OCH3 is 2. The molecule has 2 unspecified atom stereocenters. The van der Waals surface area contributed by atoms with Crippen LogP contribution in [0.3, 0.4) is 0 Å². The average molecular weight is 483 g/mol. The van der Waals surface area contributed by atoms with E-state index in [9.17, 15) is 4.79 Å². The summed E-state index contributed by atoms with van der Waals surface area (Å²) in [6, 6.07) is 21.4. The van der Waals surface area contributed by atoms with Gasteiger partial charge in [-0.25, -0.2) is 4.98 Å². The Morgan fingerprint density at radius 1 is 1.06 bits per heavy atom. The minimum Gasteiger partial charge on any atom is -0.497 e. The molecule has 0 fully saturated rings. The lowest BCUT2D eigenvalue weighted by Crippen LogP contribution is -2.39. The summed E-state index contributed by atoms with van der Waals surface area (Å²) in [6.45, 7) is 8.58. The van der Waals surface area contributed by atoms with Crippen LogP contribution < -0.4 is 20.1 Å². The first-order chi connectivity index (χ1) is 17.4. The van der Waals surface area contributed by atoms with Crippen LogP contribution in [0, 0.1) is 5.92 Å². The van der Waals surface area contributed by atoms with Gasteiger partial charge in [0.2, 0.25) is 11.9 Å². The smallest absolute Gasteiger partial charge is 0.235 e. The molecule has 0 aliphatic carbocycles. The summed E-state index contributed by atoms with van der Waals surface area (Å²) in [5.74, 6) is 1.44. The SMILES string of the molecule is C=C1Nc2nc3ccccc3n2C(c2ccc(C(C)C)cc2)C1C(=O)Nc1ccc(OC)cc1OC. The molecule has 184 valence electrons. The molecule has 0 bridgehead atoms. The molecule has 36 heavy (non-hydrogen) atoms. The van der Waals surface area contributed by atoms with E-state index in [1.54, 1.807) is 32.4 Å². The number of nitrogens with zero attached hydrogens (tertiary/aromatic N) is 2. The summed E-state index contributed by atoms with van der Waals surface area (Å²) < 4.78 is 12.9. The van der Waals surface area contributed by atoms with Gasteiger partial charge in [0.15, 0.2) is 0 Å². The van der Waals surface area contributed by atoms with Gasteiger partial charge in [0, 0.05) is 11.8 Å². The number of ether oxygens (including phenoxy) is 2. The maximum absolute atomic E-state index is 13.9. The number of amides is 1. The maximum Gasteiger partial charge on any atom is 0.235 e. The van der Waals surface area contributed by atoms with Gasteiger partial charge >= 0.3 is 0 Å². The van der Waals surface area contributed by atoms with Crippen LogP contribution in [-0.2, 0) is 4.79 Å². The molecule has 4 aromatic rings. The lowest BCUT2D eigenvalue weighted by atomic mass is 9.87.